The lowest BCUT2D eigenvalue weighted by Gasteiger charge is -2.47. The molecule has 1 fully saturated rings. The lowest BCUT2D eigenvalue weighted by atomic mass is 10.1. The third-order valence-electron chi connectivity index (χ3n) is 4.24. The molecule has 4 rings (SSSR count). The van der Waals surface area contributed by atoms with Crippen molar-refractivity contribution in [3.63, 3.8) is 0 Å². The molecule has 3 heterocycles. The summed E-state index contributed by atoms with van der Waals surface area (Å²) in [5.41, 5.74) is 6.91. The molecule has 0 radical (unpaired) electrons. The number of carbonyl (C=O) groups is 2. The molecule has 0 bridgehead atoms. The van der Waals surface area contributed by atoms with E-state index < -0.39 is 12.0 Å². The molecule has 134 valence electrons. The summed E-state index contributed by atoms with van der Waals surface area (Å²) in [4.78, 5) is 34.0. The smallest absolute Gasteiger partial charge is 0.353 e. The summed E-state index contributed by atoms with van der Waals surface area (Å²) in [6.45, 7) is 0. The molecule has 0 unspecified atom stereocenters. The lowest BCUT2D eigenvalue weighted by molar-refractivity contribution is -0.147. The second-order valence-electron chi connectivity index (χ2n) is 5.97. The zero-order valence-electron chi connectivity index (χ0n) is 13.6. The van der Waals surface area contributed by atoms with Gasteiger partial charge in [0.25, 0.3) is 0 Å². The number of hydrogen-bond donors (Lipinski definition) is 3. The number of thioether (sulfide) groups is 2. The fraction of sp³-hybridized carbons (Fsp3) is 0.235. The SMILES string of the molecule is N[C@@H]1C(=O)N2C(C(=O)O)=C(Sc3cccc(Cc4ncc[nH]4)c3)CS[C@H]12. The molecular formula is C17H16N4O3S2. The van der Waals surface area contributed by atoms with Gasteiger partial charge in [-0.05, 0) is 17.7 Å². The number of fused-ring (bicyclic) bond motifs is 1. The number of aliphatic carboxylic acids is 1. The number of rotatable bonds is 5. The Morgan fingerprint density at radius 3 is 3.08 bits per heavy atom. The molecule has 1 amide bonds. The predicted molar refractivity (Wildman–Crippen MR) is 99.4 cm³/mol. The average Bonchev–Trinajstić information content (AvgIpc) is 3.13. The number of imidazole rings is 1. The van der Waals surface area contributed by atoms with E-state index in [4.69, 9.17) is 5.73 Å². The first-order chi connectivity index (χ1) is 12.5. The van der Waals surface area contributed by atoms with E-state index in [-0.39, 0.29) is 17.0 Å². The van der Waals surface area contributed by atoms with Crippen molar-refractivity contribution in [2.24, 2.45) is 5.73 Å². The number of β-lactam (4-membered cyclic amide) rings is 1. The Labute approximate surface area is 158 Å². The van der Waals surface area contributed by atoms with Gasteiger partial charge in [0.05, 0.1) is 0 Å². The van der Waals surface area contributed by atoms with Gasteiger partial charge in [0.15, 0.2) is 0 Å². The van der Waals surface area contributed by atoms with E-state index in [1.165, 1.54) is 28.4 Å². The minimum absolute atomic E-state index is 0.0573. The van der Waals surface area contributed by atoms with Gasteiger partial charge in [-0.25, -0.2) is 9.78 Å². The number of carboxylic acid groups (broad SMARTS) is 1. The summed E-state index contributed by atoms with van der Waals surface area (Å²) in [6.07, 6.45) is 4.16. The summed E-state index contributed by atoms with van der Waals surface area (Å²) < 4.78 is 0. The van der Waals surface area contributed by atoms with Crippen LogP contribution < -0.4 is 5.73 Å². The Balaban J connectivity index is 1.59. The molecule has 0 aliphatic carbocycles. The van der Waals surface area contributed by atoms with Crippen molar-refractivity contribution in [2.75, 3.05) is 5.75 Å². The van der Waals surface area contributed by atoms with Crippen LogP contribution in [0.25, 0.3) is 0 Å². The number of aromatic nitrogens is 2. The van der Waals surface area contributed by atoms with Crippen LogP contribution in [0.1, 0.15) is 11.4 Å². The third kappa shape index (κ3) is 3.02. The van der Waals surface area contributed by atoms with Gasteiger partial charge in [-0.3, -0.25) is 9.69 Å². The van der Waals surface area contributed by atoms with E-state index in [1.54, 1.807) is 12.4 Å². The molecule has 2 atom stereocenters. The van der Waals surface area contributed by atoms with E-state index >= 15 is 0 Å². The molecule has 7 nitrogen and oxygen atoms in total. The van der Waals surface area contributed by atoms with Gasteiger partial charge >= 0.3 is 5.97 Å². The van der Waals surface area contributed by atoms with Crippen molar-refractivity contribution in [1.82, 2.24) is 14.9 Å². The van der Waals surface area contributed by atoms with E-state index in [1.807, 2.05) is 24.3 Å². The van der Waals surface area contributed by atoms with Crippen LogP contribution in [0.15, 0.2) is 52.2 Å². The molecular weight excluding hydrogens is 372 g/mol. The van der Waals surface area contributed by atoms with Gasteiger partial charge in [-0.15, -0.1) is 11.8 Å². The Morgan fingerprint density at radius 2 is 2.35 bits per heavy atom. The fourth-order valence-corrected chi connectivity index (χ4v) is 5.52. The number of H-pyrrole nitrogens is 1. The fourth-order valence-electron chi connectivity index (χ4n) is 3.02. The monoisotopic (exact) mass is 388 g/mol. The van der Waals surface area contributed by atoms with Gasteiger partial charge in [0, 0.05) is 34.4 Å². The molecule has 1 saturated heterocycles. The van der Waals surface area contributed by atoms with Crippen LogP contribution in [0.5, 0.6) is 0 Å². The van der Waals surface area contributed by atoms with Gasteiger partial charge < -0.3 is 15.8 Å². The summed E-state index contributed by atoms with van der Waals surface area (Å²) >= 11 is 2.89. The van der Waals surface area contributed by atoms with Gasteiger partial charge in [0.1, 0.15) is 22.9 Å². The van der Waals surface area contributed by atoms with Gasteiger partial charge in [-0.1, -0.05) is 23.9 Å². The summed E-state index contributed by atoms with van der Waals surface area (Å²) in [6, 6.07) is 7.27. The number of nitrogens with zero attached hydrogens (tertiary/aromatic N) is 2. The quantitative estimate of drug-likeness (QED) is 0.667. The largest absolute Gasteiger partial charge is 0.477 e. The second kappa shape index (κ2) is 6.82. The normalized spacial score (nSPS) is 22.2. The van der Waals surface area contributed by atoms with Crippen LogP contribution in [0.3, 0.4) is 0 Å². The highest BCUT2D eigenvalue weighted by molar-refractivity contribution is 8.06. The number of carbonyl (C=O) groups excluding carboxylic acids is 1. The number of benzene rings is 1. The molecule has 4 N–H and O–H groups in total. The van der Waals surface area contributed by atoms with Crippen LogP contribution in [-0.4, -0.2) is 49.0 Å². The minimum atomic E-state index is -1.09. The molecule has 9 heteroatoms. The molecule has 2 aromatic rings. The molecule has 2 aliphatic heterocycles. The number of nitrogens with two attached hydrogens (primary N) is 1. The number of aromatic amines is 1. The second-order valence-corrected chi connectivity index (χ2v) is 8.25. The average molecular weight is 388 g/mol. The zero-order valence-corrected chi connectivity index (χ0v) is 15.2. The van der Waals surface area contributed by atoms with Crippen molar-refractivity contribution in [3.8, 4) is 0 Å². The highest BCUT2D eigenvalue weighted by atomic mass is 32.2. The predicted octanol–water partition coefficient (Wildman–Crippen LogP) is 1.63. The Kier molecular flexibility index (Phi) is 4.51. The molecule has 1 aromatic heterocycles. The van der Waals surface area contributed by atoms with Crippen LogP contribution in [-0.2, 0) is 16.0 Å². The molecule has 0 saturated carbocycles. The maximum Gasteiger partial charge on any atom is 0.353 e. The van der Waals surface area contributed by atoms with E-state index in [9.17, 15) is 14.7 Å². The first-order valence-corrected chi connectivity index (χ1v) is 9.83. The highest BCUT2D eigenvalue weighted by Crippen LogP contribution is 2.44. The van der Waals surface area contributed by atoms with Crippen LogP contribution in [0.2, 0.25) is 0 Å². The number of amides is 1. The molecule has 26 heavy (non-hydrogen) atoms. The standard InChI is InChI=1S/C17H16N4O3S2/c18-13-15(22)21-14(17(23)24)11(8-25-16(13)21)26-10-3-1-2-9(6-10)7-12-19-4-5-20-12/h1-6,13,16H,7-8,18H2,(H,19,20)(H,23,24)/t13-,16-/m1/s1. The number of nitrogens with one attached hydrogen (secondary N) is 1. The number of hydrogen-bond acceptors (Lipinski definition) is 6. The van der Waals surface area contributed by atoms with Crippen LogP contribution in [0.4, 0.5) is 0 Å². The Hall–Kier alpha value is -2.23. The topological polar surface area (TPSA) is 112 Å². The summed E-state index contributed by atoms with van der Waals surface area (Å²) in [5.74, 6) is -0.0282. The molecule has 0 spiro atoms. The lowest BCUT2D eigenvalue weighted by Crippen LogP contribution is -2.68. The van der Waals surface area contributed by atoms with E-state index in [0.717, 1.165) is 16.3 Å². The van der Waals surface area contributed by atoms with Crippen molar-refractivity contribution in [3.05, 3.63) is 58.6 Å². The maximum atomic E-state index is 12.0. The summed E-state index contributed by atoms with van der Waals surface area (Å²) in [7, 11) is 0. The van der Waals surface area contributed by atoms with E-state index in [0.29, 0.717) is 17.1 Å². The van der Waals surface area contributed by atoms with Crippen molar-refractivity contribution < 1.29 is 14.7 Å². The minimum Gasteiger partial charge on any atom is -0.477 e. The zero-order chi connectivity index (χ0) is 18.3. The van der Waals surface area contributed by atoms with Gasteiger partial charge in [-0.2, -0.15) is 0 Å². The number of carboxylic acids is 1. The summed E-state index contributed by atoms with van der Waals surface area (Å²) in [5, 5.41) is 9.34. The van der Waals surface area contributed by atoms with Crippen molar-refractivity contribution in [1.29, 1.82) is 0 Å². The highest BCUT2D eigenvalue weighted by Gasteiger charge is 2.51. The molecule has 2 aliphatic rings. The van der Waals surface area contributed by atoms with Crippen LogP contribution in [0, 0.1) is 0 Å². The van der Waals surface area contributed by atoms with Crippen molar-refractivity contribution >= 4 is 35.4 Å². The van der Waals surface area contributed by atoms with Gasteiger partial charge in [0.2, 0.25) is 5.91 Å². The molecule has 1 aromatic carbocycles. The van der Waals surface area contributed by atoms with Crippen molar-refractivity contribution in [2.45, 2.75) is 22.7 Å². The Bertz CT molecular complexity index is 897. The maximum absolute atomic E-state index is 12.0. The van der Waals surface area contributed by atoms with Crippen LogP contribution >= 0.6 is 23.5 Å². The first-order valence-electron chi connectivity index (χ1n) is 7.96. The first kappa shape index (κ1) is 17.2. The van der Waals surface area contributed by atoms with E-state index in [2.05, 4.69) is 9.97 Å². The third-order valence-corrected chi connectivity index (χ3v) is 6.80. The Morgan fingerprint density at radius 1 is 1.50 bits per heavy atom.